The predicted octanol–water partition coefficient (Wildman–Crippen LogP) is 3.29. The number of benzene rings is 1. The molecule has 0 amide bonds. The molecule has 1 atom stereocenters. The summed E-state index contributed by atoms with van der Waals surface area (Å²) in [7, 11) is 0. The molecule has 0 saturated carbocycles. The van der Waals surface area contributed by atoms with Gasteiger partial charge in [-0.1, -0.05) is 18.2 Å². The van der Waals surface area contributed by atoms with E-state index in [0.29, 0.717) is 18.1 Å². The van der Waals surface area contributed by atoms with Gasteiger partial charge >= 0.3 is 0 Å². The Balaban J connectivity index is 1.48. The molecule has 2 aliphatic heterocycles. The van der Waals surface area contributed by atoms with Crippen LogP contribution in [0.15, 0.2) is 30.3 Å². The van der Waals surface area contributed by atoms with Crippen LogP contribution in [0.1, 0.15) is 38.7 Å². The predicted molar refractivity (Wildman–Crippen MR) is 121 cm³/mol. The molecule has 0 radical (unpaired) electrons. The highest BCUT2D eigenvalue weighted by molar-refractivity contribution is 5.83. The van der Waals surface area contributed by atoms with Crippen molar-refractivity contribution in [2.75, 3.05) is 44.2 Å². The number of fused-ring (bicyclic) bond motifs is 1. The SMILES string of the molecule is Cc1cc(N2CCN(C3CCN(C(C)C)CC3)C(CCO)C2)nc2ccccc12. The number of piperidine rings is 1. The highest BCUT2D eigenvalue weighted by Gasteiger charge is 2.34. The standard InChI is InChI=1S/C24H36N4O/c1-18(2)26-11-8-20(9-12-26)28-14-13-27(17-21(28)10-15-29)24-16-19(3)22-6-4-5-7-23(22)25-24/h4-7,16,18,20-21,29H,8-15,17H2,1-3H3. The van der Waals surface area contributed by atoms with Crippen molar-refractivity contribution in [2.45, 2.75) is 58.2 Å². The molecule has 0 aliphatic carbocycles. The summed E-state index contributed by atoms with van der Waals surface area (Å²) in [6.45, 7) is 12.4. The molecule has 2 saturated heterocycles. The first kappa shape index (κ1) is 20.6. The molecule has 5 heteroatoms. The number of nitrogens with zero attached hydrogens (tertiary/aromatic N) is 4. The molecule has 1 N–H and O–H groups in total. The van der Waals surface area contributed by atoms with Crippen LogP contribution in [0.5, 0.6) is 0 Å². The summed E-state index contributed by atoms with van der Waals surface area (Å²) in [5.41, 5.74) is 2.36. The number of hydrogen-bond acceptors (Lipinski definition) is 5. The third kappa shape index (κ3) is 4.42. The molecule has 1 aromatic carbocycles. The fraction of sp³-hybridized carbons (Fsp3) is 0.625. The Hall–Kier alpha value is -1.69. The number of hydrogen-bond donors (Lipinski definition) is 1. The molecule has 29 heavy (non-hydrogen) atoms. The molecule has 4 rings (SSSR count). The highest BCUT2D eigenvalue weighted by atomic mass is 16.3. The van der Waals surface area contributed by atoms with Crippen molar-refractivity contribution in [3.8, 4) is 0 Å². The second-order valence-corrected chi connectivity index (χ2v) is 9.03. The molecule has 1 aromatic heterocycles. The minimum Gasteiger partial charge on any atom is -0.396 e. The molecule has 2 fully saturated rings. The van der Waals surface area contributed by atoms with Gasteiger partial charge in [0.15, 0.2) is 0 Å². The van der Waals surface area contributed by atoms with Crippen LogP contribution in [0, 0.1) is 6.92 Å². The maximum atomic E-state index is 9.72. The normalized spacial score (nSPS) is 22.7. The van der Waals surface area contributed by atoms with Crippen LogP contribution in [0.25, 0.3) is 10.9 Å². The van der Waals surface area contributed by atoms with Crippen LogP contribution >= 0.6 is 0 Å². The molecule has 1 unspecified atom stereocenters. The fourth-order valence-electron chi connectivity index (χ4n) is 5.19. The van der Waals surface area contributed by atoms with Crippen LogP contribution < -0.4 is 4.90 Å². The van der Waals surface area contributed by atoms with Gasteiger partial charge < -0.3 is 14.9 Å². The van der Waals surface area contributed by atoms with Gasteiger partial charge in [-0.2, -0.15) is 0 Å². The largest absolute Gasteiger partial charge is 0.396 e. The Labute approximate surface area is 175 Å². The summed E-state index contributed by atoms with van der Waals surface area (Å²) >= 11 is 0. The lowest BCUT2D eigenvalue weighted by molar-refractivity contribution is 0.0463. The molecule has 5 nitrogen and oxygen atoms in total. The Morgan fingerprint density at radius 1 is 1.10 bits per heavy atom. The zero-order valence-electron chi connectivity index (χ0n) is 18.2. The quantitative estimate of drug-likeness (QED) is 0.840. The zero-order chi connectivity index (χ0) is 20.4. The van der Waals surface area contributed by atoms with E-state index in [4.69, 9.17) is 4.98 Å². The van der Waals surface area contributed by atoms with Crippen molar-refractivity contribution in [1.29, 1.82) is 0 Å². The average molecular weight is 397 g/mol. The zero-order valence-corrected chi connectivity index (χ0v) is 18.2. The lowest BCUT2D eigenvalue weighted by Gasteiger charge is -2.48. The molecule has 3 heterocycles. The molecule has 158 valence electrons. The van der Waals surface area contributed by atoms with E-state index in [1.54, 1.807) is 0 Å². The average Bonchev–Trinajstić information content (AvgIpc) is 2.74. The fourth-order valence-corrected chi connectivity index (χ4v) is 5.19. The van der Waals surface area contributed by atoms with E-state index < -0.39 is 0 Å². The summed E-state index contributed by atoms with van der Waals surface area (Å²) in [5, 5.41) is 11.0. The third-order valence-electron chi connectivity index (χ3n) is 6.92. The van der Waals surface area contributed by atoms with Crippen molar-refractivity contribution in [2.24, 2.45) is 0 Å². The van der Waals surface area contributed by atoms with Crippen LogP contribution in [-0.2, 0) is 0 Å². The topological polar surface area (TPSA) is 42.8 Å². The minimum atomic E-state index is 0.254. The number of rotatable bonds is 5. The van der Waals surface area contributed by atoms with Crippen molar-refractivity contribution >= 4 is 16.7 Å². The molecule has 0 bridgehead atoms. The number of para-hydroxylation sites is 1. The number of aromatic nitrogens is 1. The molecule has 2 aliphatic rings. The van der Waals surface area contributed by atoms with Crippen molar-refractivity contribution < 1.29 is 5.11 Å². The number of aliphatic hydroxyl groups excluding tert-OH is 1. The second kappa shape index (κ2) is 8.99. The van der Waals surface area contributed by atoms with E-state index >= 15 is 0 Å². The first-order valence-electron chi connectivity index (χ1n) is 11.3. The van der Waals surface area contributed by atoms with E-state index in [1.165, 1.54) is 36.9 Å². The monoisotopic (exact) mass is 396 g/mol. The van der Waals surface area contributed by atoms with Gasteiger partial charge in [0.2, 0.25) is 0 Å². The number of likely N-dealkylation sites (tertiary alicyclic amines) is 1. The maximum absolute atomic E-state index is 9.72. The highest BCUT2D eigenvalue weighted by Crippen LogP contribution is 2.28. The number of piperazine rings is 1. The maximum Gasteiger partial charge on any atom is 0.129 e. The van der Waals surface area contributed by atoms with E-state index in [2.05, 4.69) is 65.8 Å². The summed E-state index contributed by atoms with van der Waals surface area (Å²) in [6, 6.07) is 12.3. The minimum absolute atomic E-state index is 0.254. The van der Waals surface area contributed by atoms with Gasteiger partial charge in [0, 0.05) is 49.8 Å². The number of pyridine rings is 1. The Morgan fingerprint density at radius 2 is 1.86 bits per heavy atom. The van der Waals surface area contributed by atoms with Crippen LogP contribution in [0.3, 0.4) is 0 Å². The van der Waals surface area contributed by atoms with E-state index in [-0.39, 0.29) is 6.61 Å². The van der Waals surface area contributed by atoms with E-state index in [0.717, 1.165) is 37.4 Å². The summed E-state index contributed by atoms with van der Waals surface area (Å²) < 4.78 is 0. The van der Waals surface area contributed by atoms with Gasteiger partial charge in [-0.3, -0.25) is 4.90 Å². The second-order valence-electron chi connectivity index (χ2n) is 9.03. The first-order chi connectivity index (χ1) is 14.1. The van der Waals surface area contributed by atoms with Gasteiger partial charge in [0.1, 0.15) is 5.82 Å². The van der Waals surface area contributed by atoms with Gasteiger partial charge in [0.25, 0.3) is 0 Å². The Morgan fingerprint density at radius 3 is 2.59 bits per heavy atom. The summed E-state index contributed by atoms with van der Waals surface area (Å²) in [5.74, 6) is 1.08. The smallest absolute Gasteiger partial charge is 0.129 e. The Bertz CT molecular complexity index is 816. The first-order valence-corrected chi connectivity index (χ1v) is 11.3. The van der Waals surface area contributed by atoms with Crippen molar-refractivity contribution in [3.05, 3.63) is 35.9 Å². The molecule has 0 spiro atoms. The van der Waals surface area contributed by atoms with Crippen molar-refractivity contribution in [3.63, 3.8) is 0 Å². The lowest BCUT2D eigenvalue weighted by atomic mass is 9.97. The van der Waals surface area contributed by atoms with Crippen LogP contribution in [0.2, 0.25) is 0 Å². The van der Waals surface area contributed by atoms with E-state index in [1.807, 2.05) is 0 Å². The number of aryl methyl sites for hydroxylation is 1. The van der Waals surface area contributed by atoms with Crippen molar-refractivity contribution in [1.82, 2.24) is 14.8 Å². The number of aliphatic hydroxyl groups is 1. The summed E-state index contributed by atoms with van der Waals surface area (Å²) in [4.78, 5) is 12.7. The van der Waals surface area contributed by atoms with Gasteiger partial charge in [-0.15, -0.1) is 0 Å². The van der Waals surface area contributed by atoms with Gasteiger partial charge in [-0.05, 0) is 70.8 Å². The summed E-state index contributed by atoms with van der Waals surface area (Å²) in [6.07, 6.45) is 3.33. The van der Waals surface area contributed by atoms with Crippen LogP contribution in [0.4, 0.5) is 5.82 Å². The van der Waals surface area contributed by atoms with Gasteiger partial charge in [-0.25, -0.2) is 4.98 Å². The van der Waals surface area contributed by atoms with Gasteiger partial charge in [0.05, 0.1) is 5.52 Å². The lowest BCUT2D eigenvalue weighted by Crippen LogP contribution is -2.59. The molecular weight excluding hydrogens is 360 g/mol. The molecule has 2 aromatic rings. The Kier molecular flexibility index (Phi) is 6.38. The van der Waals surface area contributed by atoms with E-state index in [9.17, 15) is 5.11 Å². The number of anilines is 1. The van der Waals surface area contributed by atoms with Crippen LogP contribution in [-0.4, -0.2) is 77.3 Å². The molecular formula is C24H36N4O. The third-order valence-corrected chi connectivity index (χ3v) is 6.92.